The fraction of sp³-hybridized carbons (Fsp3) is 0.150. The first-order chi connectivity index (χ1) is 12.6. The minimum atomic E-state index is -0.251. The van der Waals surface area contributed by atoms with Gasteiger partial charge in [-0.15, -0.1) is 0 Å². The van der Waals surface area contributed by atoms with Crippen molar-refractivity contribution in [3.63, 3.8) is 0 Å². The molecule has 0 aliphatic heterocycles. The van der Waals surface area contributed by atoms with Crippen molar-refractivity contribution in [3.05, 3.63) is 71.5 Å². The van der Waals surface area contributed by atoms with Crippen LogP contribution in [0.5, 0.6) is 5.75 Å². The Balaban J connectivity index is 1.64. The molecule has 3 rings (SSSR count). The molecule has 0 fully saturated rings. The highest BCUT2D eigenvalue weighted by molar-refractivity contribution is 5.97. The van der Waals surface area contributed by atoms with Crippen molar-refractivity contribution in [1.82, 2.24) is 10.5 Å². The lowest BCUT2D eigenvalue weighted by molar-refractivity contribution is 0.0945. The van der Waals surface area contributed by atoms with Gasteiger partial charge in [-0.25, -0.2) is 0 Å². The number of amides is 1. The van der Waals surface area contributed by atoms with Crippen LogP contribution in [-0.2, 0) is 6.54 Å². The van der Waals surface area contributed by atoms with Crippen molar-refractivity contribution in [2.24, 2.45) is 0 Å². The number of benzene rings is 2. The molecule has 132 valence electrons. The molecule has 6 nitrogen and oxygen atoms in total. The molecule has 1 aromatic heterocycles. The molecule has 0 saturated heterocycles. The van der Waals surface area contributed by atoms with Gasteiger partial charge in [0.05, 0.1) is 13.7 Å². The highest BCUT2D eigenvalue weighted by atomic mass is 16.5. The van der Waals surface area contributed by atoms with E-state index in [0.717, 1.165) is 11.3 Å². The van der Waals surface area contributed by atoms with E-state index in [1.807, 2.05) is 24.3 Å². The summed E-state index contributed by atoms with van der Waals surface area (Å²) in [6.45, 7) is 1.70. The number of Topliss-reactive ketones (excluding diaryl/α,β-unsaturated/α-hetero) is 1. The summed E-state index contributed by atoms with van der Waals surface area (Å²) < 4.78 is 10.5. The molecule has 0 unspecified atom stereocenters. The molecule has 0 spiro atoms. The van der Waals surface area contributed by atoms with Crippen LogP contribution in [0.2, 0.25) is 0 Å². The van der Waals surface area contributed by atoms with Gasteiger partial charge in [0.1, 0.15) is 11.4 Å². The topological polar surface area (TPSA) is 81.4 Å². The molecule has 0 atom stereocenters. The minimum Gasteiger partial charge on any atom is -0.497 e. The molecule has 0 saturated carbocycles. The van der Waals surface area contributed by atoms with E-state index in [9.17, 15) is 9.59 Å². The van der Waals surface area contributed by atoms with Crippen molar-refractivity contribution in [2.45, 2.75) is 13.5 Å². The lowest BCUT2D eigenvalue weighted by atomic mass is 10.1. The molecule has 0 bridgehead atoms. The predicted octanol–water partition coefficient (Wildman–Crippen LogP) is 3.48. The zero-order valence-electron chi connectivity index (χ0n) is 14.5. The lowest BCUT2D eigenvalue weighted by Crippen LogP contribution is -2.22. The van der Waals surface area contributed by atoms with Crippen LogP contribution in [0.25, 0.3) is 11.3 Å². The average Bonchev–Trinajstić information content (AvgIpc) is 3.15. The fourth-order valence-electron chi connectivity index (χ4n) is 2.44. The highest BCUT2D eigenvalue weighted by Gasteiger charge is 2.10. The normalized spacial score (nSPS) is 10.4. The fourth-order valence-corrected chi connectivity index (χ4v) is 2.44. The van der Waals surface area contributed by atoms with E-state index in [-0.39, 0.29) is 18.2 Å². The zero-order chi connectivity index (χ0) is 18.5. The van der Waals surface area contributed by atoms with E-state index in [1.165, 1.54) is 6.92 Å². The van der Waals surface area contributed by atoms with Crippen LogP contribution in [0.1, 0.15) is 33.4 Å². The first-order valence-electron chi connectivity index (χ1n) is 8.06. The first-order valence-corrected chi connectivity index (χ1v) is 8.06. The van der Waals surface area contributed by atoms with Crippen molar-refractivity contribution in [3.8, 4) is 17.0 Å². The van der Waals surface area contributed by atoms with Gasteiger partial charge in [0, 0.05) is 22.8 Å². The third-order valence-corrected chi connectivity index (χ3v) is 3.90. The number of ketones is 1. The lowest BCUT2D eigenvalue weighted by Gasteiger charge is -2.03. The monoisotopic (exact) mass is 350 g/mol. The van der Waals surface area contributed by atoms with Gasteiger partial charge in [0.2, 0.25) is 0 Å². The Morgan fingerprint density at radius 3 is 2.50 bits per heavy atom. The smallest absolute Gasteiger partial charge is 0.251 e. The van der Waals surface area contributed by atoms with E-state index in [4.69, 9.17) is 9.26 Å². The van der Waals surface area contributed by atoms with E-state index in [2.05, 4.69) is 10.5 Å². The summed E-state index contributed by atoms with van der Waals surface area (Å²) in [5.41, 5.74) is 2.58. The summed E-state index contributed by atoms with van der Waals surface area (Å²) in [7, 11) is 1.60. The Kier molecular flexibility index (Phi) is 5.12. The number of carbonyl (C=O) groups excluding carboxylic acids is 2. The van der Waals surface area contributed by atoms with E-state index in [1.54, 1.807) is 37.4 Å². The number of methoxy groups -OCH3 is 1. The Morgan fingerprint density at radius 2 is 1.81 bits per heavy atom. The Hall–Kier alpha value is -3.41. The largest absolute Gasteiger partial charge is 0.497 e. The molecular weight excluding hydrogens is 332 g/mol. The molecule has 0 aliphatic rings. The number of nitrogens with one attached hydrogen (secondary N) is 1. The number of carbonyl (C=O) groups is 2. The number of nitrogens with zero attached hydrogens (tertiary/aromatic N) is 1. The van der Waals surface area contributed by atoms with Crippen LogP contribution in [0.4, 0.5) is 0 Å². The van der Waals surface area contributed by atoms with Crippen molar-refractivity contribution >= 4 is 11.7 Å². The van der Waals surface area contributed by atoms with Gasteiger partial charge in [0.15, 0.2) is 11.5 Å². The minimum absolute atomic E-state index is 0.0383. The van der Waals surface area contributed by atoms with Gasteiger partial charge in [-0.05, 0) is 31.2 Å². The van der Waals surface area contributed by atoms with Gasteiger partial charge in [-0.1, -0.05) is 29.4 Å². The van der Waals surface area contributed by atoms with Crippen molar-refractivity contribution < 1.29 is 18.8 Å². The molecule has 2 aromatic carbocycles. The summed E-state index contributed by atoms with van der Waals surface area (Å²) in [5, 5.41) is 6.79. The average molecular weight is 350 g/mol. The summed E-state index contributed by atoms with van der Waals surface area (Å²) in [5.74, 6) is 0.981. The molecule has 3 aromatic rings. The first kappa shape index (κ1) is 17.4. The van der Waals surface area contributed by atoms with Gasteiger partial charge in [-0.2, -0.15) is 0 Å². The van der Waals surface area contributed by atoms with Crippen molar-refractivity contribution in [1.29, 1.82) is 0 Å². The Labute approximate surface area is 150 Å². The second-order valence-electron chi connectivity index (χ2n) is 5.73. The standard InChI is InChI=1S/C20H18N2O4/c1-13(23)14-6-8-15(9-7-14)20(24)21-12-18-11-19(22-26-18)16-4-3-5-17(10-16)25-2/h3-11H,12H2,1-2H3,(H,21,24). The number of aromatic nitrogens is 1. The van der Waals surface area contributed by atoms with Crippen LogP contribution < -0.4 is 10.1 Å². The highest BCUT2D eigenvalue weighted by Crippen LogP contribution is 2.23. The van der Waals surface area contributed by atoms with Crippen LogP contribution in [0, 0.1) is 0 Å². The number of hydrogen-bond donors (Lipinski definition) is 1. The third kappa shape index (κ3) is 3.97. The Morgan fingerprint density at radius 1 is 1.08 bits per heavy atom. The summed E-state index contributed by atoms with van der Waals surface area (Å²) >= 11 is 0. The van der Waals surface area contributed by atoms with Crippen LogP contribution in [0.3, 0.4) is 0 Å². The molecule has 0 aliphatic carbocycles. The predicted molar refractivity (Wildman–Crippen MR) is 96.1 cm³/mol. The van der Waals surface area contributed by atoms with E-state index in [0.29, 0.717) is 22.6 Å². The summed E-state index contributed by atoms with van der Waals surface area (Å²) in [6.07, 6.45) is 0. The number of ether oxygens (including phenoxy) is 1. The maximum absolute atomic E-state index is 12.2. The zero-order valence-corrected chi connectivity index (χ0v) is 14.5. The molecule has 0 radical (unpaired) electrons. The molecule has 1 N–H and O–H groups in total. The van der Waals surface area contributed by atoms with Crippen LogP contribution in [-0.4, -0.2) is 24.0 Å². The van der Waals surface area contributed by atoms with Crippen LogP contribution >= 0.6 is 0 Å². The van der Waals surface area contributed by atoms with E-state index >= 15 is 0 Å². The summed E-state index contributed by atoms with van der Waals surface area (Å²) in [4.78, 5) is 23.5. The van der Waals surface area contributed by atoms with Gasteiger partial charge in [-0.3, -0.25) is 9.59 Å². The molecular formula is C20H18N2O4. The molecule has 6 heteroatoms. The van der Waals surface area contributed by atoms with Gasteiger partial charge >= 0.3 is 0 Å². The second kappa shape index (κ2) is 7.65. The Bertz CT molecular complexity index is 929. The molecule has 1 heterocycles. The molecule has 1 amide bonds. The maximum atomic E-state index is 12.2. The van der Waals surface area contributed by atoms with Gasteiger partial charge < -0.3 is 14.6 Å². The molecule has 26 heavy (non-hydrogen) atoms. The van der Waals surface area contributed by atoms with Crippen LogP contribution in [0.15, 0.2) is 59.1 Å². The summed E-state index contributed by atoms with van der Waals surface area (Å²) in [6, 6.07) is 15.8. The van der Waals surface area contributed by atoms with E-state index < -0.39 is 0 Å². The third-order valence-electron chi connectivity index (χ3n) is 3.90. The number of hydrogen-bond acceptors (Lipinski definition) is 5. The maximum Gasteiger partial charge on any atom is 0.251 e. The van der Waals surface area contributed by atoms with Crippen molar-refractivity contribution in [2.75, 3.05) is 7.11 Å². The second-order valence-corrected chi connectivity index (χ2v) is 5.73. The SMILES string of the molecule is COc1cccc(-c2cc(CNC(=O)c3ccc(C(C)=O)cc3)on2)c1. The quantitative estimate of drug-likeness (QED) is 0.688. The number of rotatable bonds is 6. The van der Waals surface area contributed by atoms with Gasteiger partial charge in [0.25, 0.3) is 5.91 Å².